The quantitative estimate of drug-likeness (QED) is 0.866. The molecule has 2 rings (SSSR count). The lowest BCUT2D eigenvalue weighted by Crippen LogP contribution is -2.47. The van der Waals surface area contributed by atoms with Gasteiger partial charge in [-0.2, -0.15) is 0 Å². The normalized spacial score (nSPS) is 23.4. The van der Waals surface area contributed by atoms with E-state index >= 15 is 0 Å². The molecule has 0 aliphatic carbocycles. The average molecular weight is 233 g/mol. The summed E-state index contributed by atoms with van der Waals surface area (Å²) in [6.45, 7) is 5.88. The smallest absolute Gasteiger partial charge is 0.119 e. The molecule has 1 unspecified atom stereocenters. The molecule has 1 heterocycles. The van der Waals surface area contributed by atoms with Crippen molar-refractivity contribution in [1.29, 1.82) is 0 Å². The molecule has 0 radical (unpaired) electrons. The Kier molecular flexibility index (Phi) is 3.72. The first kappa shape index (κ1) is 12.4. The zero-order valence-corrected chi connectivity index (χ0v) is 11.1. The van der Waals surface area contributed by atoms with E-state index in [4.69, 9.17) is 4.74 Å². The van der Waals surface area contributed by atoms with Crippen molar-refractivity contribution < 1.29 is 4.74 Å². The highest BCUT2D eigenvalue weighted by atomic mass is 16.5. The topological polar surface area (TPSA) is 21.3 Å². The van der Waals surface area contributed by atoms with E-state index in [1.54, 1.807) is 7.11 Å². The highest BCUT2D eigenvalue weighted by Crippen LogP contribution is 2.32. The van der Waals surface area contributed by atoms with Gasteiger partial charge in [-0.25, -0.2) is 0 Å². The summed E-state index contributed by atoms with van der Waals surface area (Å²) < 4.78 is 5.28. The maximum absolute atomic E-state index is 5.28. The van der Waals surface area contributed by atoms with Gasteiger partial charge in [0.25, 0.3) is 0 Å². The fraction of sp³-hybridized carbons (Fsp3) is 0.600. The summed E-state index contributed by atoms with van der Waals surface area (Å²) in [6.07, 6.45) is 3.69. The monoisotopic (exact) mass is 233 g/mol. The maximum atomic E-state index is 5.28. The van der Waals surface area contributed by atoms with Crippen LogP contribution < -0.4 is 10.1 Å². The van der Waals surface area contributed by atoms with Crippen molar-refractivity contribution in [3.63, 3.8) is 0 Å². The minimum absolute atomic E-state index is 0.390. The summed E-state index contributed by atoms with van der Waals surface area (Å²) >= 11 is 0. The van der Waals surface area contributed by atoms with Crippen molar-refractivity contribution in [2.24, 2.45) is 5.41 Å². The van der Waals surface area contributed by atoms with Crippen LogP contribution in [0.2, 0.25) is 0 Å². The first-order valence-electron chi connectivity index (χ1n) is 6.48. The van der Waals surface area contributed by atoms with Crippen LogP contribution in [-0.2, 0) is 6.42 Å². The number of methoxy groups -OCH3 is 1. The van der Waals surface area contributed by atoms with Gasteiger partial charge >= 0.3 is 0 Å². The van der Waals surface area contributed by atoms with E-state index in [9.17, 15) is 0 Å². The molecule has 1 aromatic rings. The third-order valence-electron chi connectivity index (χ3n) is 3.91. The van der Waals surface area contributed by atoms with Gasteiger partial charge < -0.3 is 10.1 Å². The number of nitrogens with one attached hydrogen (secondary N) is 1. The van der Waals surface area contributed by atoms with Crippen LogP contribution in [0.3, 0.4) is 0 Å². The van der Waals surface area contributed by atoms with Crippen LogP contribution in [0.15, 0.2) is 24.3 Å². The van der Waals surface area contributed by atoms with E-state index in [0.717, 1.165) is 18.7 Å². The Morgan fingerprint density at radius 2 is 2.24 bits per heavy atom. The third kappa shape index (κ3) is 3.01. The SMILES string of the molecule is COc1cccc(CC2NCCCC2(C)C)c1. The molecule has 0 spiro atoms. The van der Waals surface area contributed by atoms with Crippen LogP contribution in [0.5, 0.6) is 5.75 Å². The number of rotatable bonds is 3. The molecule has 1 aliphatic rings. The Morgan fingerprint density at radius 3 is 2.94 bits per heavy atom. The number of piperidine rings is 1. The summed E-state index contributed by atoms with van der Waals surface area (Å²) in [5.74, 6) is 0.955. The standard InChI is InChI=1S/C15H23NO/c1-15(2)8-5-9-16-14(15)11-12-6-4-7-13(10-12)17-3/h4,6-7,10,14,16H,5,8-9,11H2,1-3H3. The van der Waals surface area contributed by atoms with Gasteiger partial charge in [0.15, 0.2) is 0 Å². The average Bonchev–Trinajstić information content (AvgIpc) is 2.32. The number of hydrogen-bond donors (Lipinski definition) is 1. The van der Waals surface area contributed by atoms with Gasteiger partial charge in [0, 0.05) is 6.04 Å². The largest absolute Gasteiger partial charge is 0.497 e. The molecule has 2 nitrogen and oxygen atoms in total. The second-order valence-corrected chi connectivity index (χ2v) is 5.65. The van der Waals surface area contributed by atoms with Gasteiger partial charge in [-0.05, 0) is 48.9 Å². The Bertz CT molecular complexity index is 373. The molecule has 1 N–H and O–H groups in total. The molecule has 1 atom stereocenters. The lowest BCUT2D eigenvalue weighted by Gasteiger charge is -2.39. The molecule has 0 bridgehead atoms. The Morgan fingerprint density at radius 1 is 1.41 bits per heavy atom. The fourth-order valence-corrected chi connectivity index (χ4v) is 2.65. The summed E-state index contributed by atoms with van der Waals surface area (Å²) in [6, 6.07) is 8.98. The third-order valence-corrected chi connectivity index (χ3v) is 3.91. The maximum Gasteiger partial charge on any atom is 0.119 e. The van der Waals surface area contributed by atoms with Crippen LogP contribution in [-0.4, -0.2) is 19.7 Å². The Balaban J connectivity index is 2.08. The molecule has 0 aromatic heterocycles. The van der Waals surface area contributed by atoms with E-state index < -0.39 is 0 Å². The minimum Gasteiger partial charge on any atom is -0.497 e. The Hall–Kier alpha value is -1.02. The van der Waals surface area contributed by atoms with Crippen molar-refractivity contribution in [3.8, 4) is 5.75 Å². The number of hydrogen-bond acceptors (Lipinski definition) is 2. The predicted molar refractivity (Wildman–Crippen MR) is 71.5 cm³/mol. The van der Waals surface area contributed by atoms with Crippen molar-refractivity contribution in [2.45, 2.75) is 39.2 Å². The molecular formula is C15H23NO. The fourth-order valence-electron chi connectivity index (χ4n) is 2.65. The number of benzene rings is 1. The van der Waals surface area contributed by atoms with E-state index in [1.165, 1.54) is 18.4 Å². The predicted octanol–water partition coefficient (Wildman–Crippen LogP) is 3.02. The molecule has 2 heteroatoms. The highest BCUT2D eigenvalue weighted by Gasteiger charge is 2.31. The molecule has 94 valence electrons. The second-order valence-electron chi connectivity index (χ2n) is 5.65. The second kappa shape index (κ2) is 5.09. The van der Waals surface area contributed by atoms with Crippen molar-refractivity contribution in [1.82, 2.24) is 5.32 Å². The van der Waals surface area contributed by atoms with Crippen LogP contribution in [0.25, 0.3) is 0 Å². The van der Waals surface area contributed by atoms with E-state index in [1.807, 2.05) is 6.07 Å². The summed E-state index contributed by atoms with van der Waals surface area (Å²) in [4.78, 5) is 0. The zero-order valence-electron chi connectivity index (χ0n) is 11.1. The zero-order chi connectivity index (χ0) is 12.3. The summed E-state index contributed by atoms with van der Waals surface area (Å²) in [5.41, 5.74) is 1.75. The van der Waals surface area contributed by atoms with Crippen LogP contribution >= 0.6 is 0 Å². The molecule has 1 fully saturated rings. The van der Waals surface area contributed by atoms with Crippen molar-refractivity contribution in [2.75, 3.05) is 13.7 Å². The molecule has 17 heavy (non-hydrogen) atoms. The first-order valence-corrected chi connectivity index (χ1v) is 6.48. The molecule has 1 aromatic carbocycles. The van der Waals surface area contributed by atoms with Gasteiger partial charge in [-0.1, -0.05) is 26.0 Å². The number of ether oxygens (including phenoxy) is 1. The highest BCUT2D eigenvalue weighted by molar-refractivity contribution is 5.29. The first-order chi connectivity index (χ1) is 8.12. The molecule has 0 amide bonds. The van der Waals surface area contributed by atoms with E-state index in [-0.39, 0.29) is 0 Å². The van der Waals surface area contributed by atoms with Crippen LogP contribution in [0.1, 0.15) is 32.3 Å². The summed E-state index contributed by atoms with van der Waals surface area (Å²) in [5, 5.41) is 3.65. The van der Waals surface area contributed by atoms with Crippen LogP contribution in [0, 0.1) is 5.41 Å². The minimum atomic E-state index is 0.390. The molecule has 0 saturated carbocycles. The van der Waals surface area contributed by atoms with Gasteiger partial charge in [-0.3, -0.25) is 0 Å². The molecule has 1 aliphatic heterocycles. The van der Waals surface area contributed by atoms with Gasteiger partial charge in [0.05, 0.1) is 7.11 Å². The summed E-state index contributed by atoms with van der Waals surface area (Å²) in [7, 11) is 1.72. The lowest BCUT2D eigenvalue weighted by atomic mass is 9.75. The van der Waals surface area contributed by atoms with Crippen molar-refractivity contribution >= 4 is 0 Å². The van der Waals surface area contributed by atoms with Gasteiger partial charge in [-0.15, -0.1) is 0 Å². The lowest BCUT2D eigenvalue weighted by molar-refractivity contribution is 0.179. The Labute approximate surface area is 104 Å². The van der Waals surface area contributed by atoms with Crippen LogP contribution in [0.4, 0.5) is 0 Å². The van der Waals surface area contributed by atoms with Gasteiger partial charge in [0.2, 0.25) is 0 Å². The van der Waals surface area contributed by atoms with Gasteiger partial charge in [0.1, 0.15) is 5.75 Å². The van der Waals surface area contributed by atoms with E-state index in [0.29, 0.717) is 11.5 Å². The molecule has 1 saturated heterocycles. The van der Waals surface area contributed by atoms with E-state index in [2.05, 4.69) is 37.4 Å². The van der Waals surface area contributed by atoms with Crippen molar-refractivity contribution in [3.05, 3.63) is 29.8 Å². The molecular weight excluding hydrogens is 210 g/mol.